The number of anilines is 1. The summed E-state index contributed by atoms with van der Waals surface area (Å²) in [5.74, 6) is 0. The van der Waals surface area contributed by atoms with Gasteiger partial charge in [-0.3, -0.25) is 10.1 Å². The van der Waals surface area contributed by atoms with E-state index in [9.17, 15) is 15.2 Å². The Morgan fingerprint density at radius 3 is 2.07 bits per heavy atom. The molecule has 0 saturated carbocycles. The van der Waals surface area contributed by atoms with Crippen molar-refractivity contribution in [3.05, 3.63) is 58.6 Å². The first-order chi connectivity index (χ1) is 14.3. The Bertz CT molecular complexity index is 835. The largest absolute Gasteiger partial charge is 0.369 e. The molecule has 0 radical (unpaired) electrons. The van der Waals surface area contributed by atoms with Gasteiger partial charge in [0.1, 0.15) is 0 Å². The highest BCUT2D eigenvalue weighted by Gasteiger charge is 2.26. The van der Waals surface area contributed by atoms with E-state index in [2.05, 4.69) is 22.1 Å². The lowest BCUT2D eigenvalue weighted by Gasteiger charge is -2.30. The normalized spacial score (nSPS) is 12.8. The molecular weight excluding hydrogens is 384 g/mol. The summed E-state index contributed by atoms with van der Waals surface area (Å²) in [6.07, 6.45) is 0.0464. The molecule has 0 aromatic heterocycles. The van der Waals surface area contributed by atoms with Gasteiger partial charge >= 0.3 is 0 Å². The molecule has 2 rings (SSSR count). The molecule has 0 heterocycles. The van der Waals surface area contributed by atoms with E-state index >= 15 is 0 Å². The third-order valence-electron chi connectivity index (χ3n) is 5.15. The van der Waals surface area contributed by atoms with Crippen LogP contribution in [0.5, 0.6) is 0 Å². The van der Waals surface area contributed by atoms with Crippen LogP contribution < -0.4 is 4.90 Å². The Balaban J connectivity index is 1.93. The lowest BCUT2D eigenvalue weighted by molar-refractivity contribution is -0.384. The highest BCUT2D eigenvalue weighted by Crippen LogP contribution is 2.26. The van der Waals surface area contributed by atoms with Crippen LogP contribution in [0.2, 0.25) is 0 Å². The van der Waals surface area contributed by atoms with Crippen LogP contribution in [0.15, 0.2) is 58.8 Å². The summed E-state index contributed by atoms with van der Waals surface area (Å²) in [6, 6.07) is 13.6. The van der Waals surface area contributed by atoms with Gasteiger partial charge in [-0.1, -0.05) is 20.8 Å². The van der Waals surface area contributed by atoms with E-state index in [-0.39, 0.29) is 11.1 Å². The predicted octanol–water partition coefficient (Wildman–Crippen LogP) is 5.61. The number of ether oxygens (including phenoxy) is 1. The molecule has 0 aliphatic heterocycles. The minimum atomic E-state index is -0.789. The summed E-state index contributed by atoms with van der Waals surface area (Å²) in [6.45, 7) is 9.97. The molecule has 1 atom stereocenters. The lowest BCUT2D eigenvalue weighted by atomic mass is 9.90. The first-order valence-corrected chi connectivity index (χ1v) is 10.1. The van der Waals surface area contributed by atoms with Crippen LogP contribution in [0.3, 0.4) is 0 Å². The third kappa shape index (κ3) is 6.60. The Kier molecular flexibility index (Phi) is 8.44. The average molecular weight is 415 g/mol. The second-order valence-corrected chi connectivity index (χ2v) is 7.63. The van der Waals surface area contributed by atoms with Crippen molar-refractivity contribution in [2.45, 2.75) is 40.4 Å². The van der Waals surface area contributed by atoms with Crippen molar-refractivity contribution < 1.29 is 14.8 Å². The number of azo groups is 1. The number of nitro benzene ring substituents is 1. The molecular formula is C22H30N4O4. The van der Waals surface area contributed by atoms with E-state index in [4.69, 9.17) is 4.74 Å². The van der Waals surface area contributed by atoms with E-state index in [1.165, 1.54) is 12.1 Å². The summed E-state index contributed by atoms with van der Waals surface area (Å²) < 4.78 is 5.62. The molecule has 2 aromatic rings. The standard InChI is InChI=1S/C22H30N4O4/c1-5-22(3,4)21(27)30-16-15-25(6-2)19-11-7-17(8-12-19)23-24-18-9-13-20(14-10-18)26(28)29/h7-14,21,27H,5-6,15-16H2,1-4H3. The fourth-order valence-corrected chi connectivity index (χ4v) is 2.63. The number of nitro groups is 1. The number of hydrogen-bond acceptors (Lipinski definition) is 7. The van der Waals surface area contributed by atoms with Crippen molar-refractivity contribution in [1.82, 2.24) is 0 Å². The van der Waals surface area contributed by atoms with Crippen molar-refractivity contribution in [2.75, 3.05) is 24.6 Å². The zero-order valence-corrected chi connectivity index (χ0v) is 18.0. The minimum absolute atomic E-state index is 0.0210. The molecule has 0 fully saturated rings. The lowest BCUT2D eigenvalue weighted by Crippen LogP contribution is -2.35. The van der Waals surface area contributed by atoms with Gasteiger partial charge in [0.2, 0.25) is 0 Å². The van der Waals surface area contributed by atoms with Gasteiger partial charge in [-0.25, -0.2) is 0 Å². The molecule has 0 spiro atoms. The van der Waals surface area contributed by atoms with E-state index in [1.807, 2.05) is 45.0 Å². The maximum absolute atomic E-state index is 10.7. The maximum atomic E-state index is 10.7. The van der Waals surface area contributed by atoms with Gasteiger partial charge in [0.25, 0.3) is 5.69 Å². The van der Waals surface area contributed by atoms with Crippen LogP contribution in [0.25, 0.3) is 0 Å². The number of hydrogen-bond donors (Lipinski definition) is 1. The molecule has 1 unspecified atom stereocenters. The van der Waals surface area contributed by atoms with Gasteiger partial charge in [0.05, 0.1) is 22.9 Å². The fraction of sp³-hybridized carbons (Fsp3) is 0.455. The fourth-order valence-electron chi connectivity index (χ4n) is 2.63. The Labute approximate surface area is 177 Å². The van der Waals surface area contributed by atoms with Gasteiger partial charge in [0, 0.05) is 36.3 Å². The van der Waals surface area contributed by atoms with Crippen molar-refractivity contribution in [1.29, 1.82) is 0 Å². The topological polar surface area (TPSA) is 101 Å². The highest BCUT2D eigenvalue weighted by molar-refractivity contribution is 5.53. The van der Waals surface area contributed by atoms with Crippen molar-refractivity contribution in [2.24, 2.45) is 15.6 Å². The van der Waals surface area contributed by atoms with Crippen molar-refractivity contribution >= 4 is 22.7 Å². The minimum Gasteiger partial charge on any atom is -0.369 e. The number of benzene rings is 2. The first-order valence-electron chi connectivity index (χ1n) is 10.1. The van der Waals surface area contributed by atoms with Gasteiger partial charge in [-0.05, 0) is 49.7 Å². The van der Waals surface area contributed by atoms with Crippen LogP contribution in [-0.2, 0) is 4.74 Å². The number of likely N-dealkylation sites (N-methyl/N-ethyl adjacent to an activating group) is 1. The highest BCUT2D eigenvalue weighted by atomic mass is 16.6. The van der Waals surface area contributed by atoms with Gasteiger partial charge in [-0.2, -0.15) is 10.2 Å². The summed E-state index contributed by atoms with van der Waals surface area (Å²) in [7, 11) is 0. The summed E-state index contributed by atoms with van der Waals surface area (Å²) >= 11 is 0. The second kappa shape index (κ2) is 10.8. The smallest absolute Gasteiger partial charge is 0.269 e. The molecule has 0 saturated heterocycles. The Morgan fingerprint density at radius 2 is 1.60 bits per heavy atom. The number of non-ortho nitro benzene ring substituents is 1. The van der Waals surface area contributed by atoms with Crippen LogP contribution in [-0.4, -0.2) is 36.0 Å². The number of aliphatic hydroxyl groups is 1. The average Bonchev–Trinajstić information content (AvgIpc) is 2.75. The summed E-state index contributed by atoms with van der Waals surface area (Å²) in [5, 5.41) is 29.1. The van der Waals surface area contributed by atoms with E-state index < -0.39 is 11.2 Å². The van der Waals surface area contributed by atoms with Gasteiger partial charge in [0.15, 0.2) is 6.29 Å². The van der Waals surface area contributed by atoms with Crippen LogP contribution in [0, 0.1) is 15.5 Å². The predicted molar refractivity (Wildman–Crippen MR) is 118 cm³/mol. The molecule has 8 heteroatoms. The molecule has 1 N–H and O–H groups in total. The molecule has 0 bridgehead atoms. The monoisotopic (exact) mass is 414 g/mol. The zero-order valence-electron chi connectivity index (χ0n) is 18.0. The van der Waals surface area contributed by atoms with Crippen molar-refractivity contribution in [3.63, 3.8) is 0 Å². The van der Waals surface area contributed by atoms with E-state index in [1.54, 1.807) is 12.1 Å². The van der Waals surface area contributed by atoms with Gasteiger partial charge < -0.3 is 14.7 Å². The van der Waals surface area contributed by atoms with Crippen molar-refractivity contribution in [3.8, 4) is 0 Å². The molecule has 162 valence electrons. The number of nitrogens with zero attached hydrogens (tertiary/aromatic N) is 4. The van der Waals surface area contributed by atoms with E-state index in [0.717, 1.165) is 18.7 Å². The van der Waals surface area contributed by atoms with E-state index in [0.29, 0.717) is 24.5 Å². The molecule has 0 aliphatic carbocycles. The van der Waals surface area contributed by atoms with Crippen LogP contribution >= 0.6 is 0 Å². The quantitative estimate of drug-likeness (QED) is 0.223. The summed E-state index contributed by atoms with van der Waals surface area (Å²) in [4.78, 5) is 12.4. The van der Waals surface area contributed by atoms with Gasteiger partial charge in [-0.15, -0.1) is 0 Å². The number of rotatable bonds is 11. The second-order valence-electron chi connectivity index (χ2n) is 7.63. The van der Waals surface area contributed by atoms with Crippen LogP contribution in [0.4, 0.5) is 22.7 Å². The molecule has 0 aliphatic rings. The maximum Gasteiger partial charge on any atom is 0.269 e. The molecule has 30 heavy (non-hydrogen) atoms. The Morgan fingerprint density at radius 1 is 1.07 bits per heavy atom. The Hall–Kier alpha value is -2.84. The van der Waals surface area contributed by atoms with Crippen LogP contribution in [0.1, 0.15) is 34.1 Å². The third-order valence-corrected chi connectivity index (χ3v) is 5.15. The molecule has 0 amide bonds. The zero-order chi connectivity index (χ0) is 22.1. The summed E-state index contributed by atoms with van der Waals surface area (Å²) in [5.41, 5.74) is 2.01. The molecule has 8 nitrogen and oxygen atoms in total. The number of aliphatic hydroxyl groups excluding tert-OH is 1. The SMILES string of the molecule is CCN(CCOC(O)C(C)(C)CC)c1ccc(N=Nc2ccc([N+](=O)[O-])cc2)cc1. The molecule has 2 aromatic carbocycles. The first kappa shape index (κ1) is 23.4.